The highest BCUT2D eigenvalue weighted by atomic mass is 32.1. The molecule has 0 fully saturated rings. The van der Waals surface area contributed by atoms with Crippen LogP contribution < -0.4 is 21.7 Å². The molecule has 0 aliphatic carbocycles. The van der Waals surface area contributed by atoms with Crippen molar-refractivity contribution in [2.24, 2.45) is 5.73 Å². The molecule has 2 aromatic heterocycles. The predicted molar refractivity (Wildman–Crippen MR) is 97.2 cm³/mol. The summed E-state index contributed by atoms with van der Waals surface area (Å²) in [5.74, 6) is -0.0576. The fraction of sp³-hybridized carbons (Fsp3) is 0.235. The van der Waals surface area contributed by atoms with Gasteiger partial charge in [-0.2, -0.15) is 0 Å². The second kappa shape index (κ2) is 6.56. The van der Waals surface area contributed by atoms with E-state index in [2.05, 4.69) is 4.98 Å². The van der Waals surface area contributed by atoms with Crippen molar-refractivity contribution < 1.29 is 9.53 Å². The Bertz CT molecular complexity index is 1060. The van der Waals surface area contributed by atoms with E-state index in [1.165, 1.54) is 11.3 Å². The van der Waals surface area contributed by atoms with Gasteiger partial charge in [-0.3, -0.25) is 14.6 Å². The van der Waals surface area contributed by atoms with E-state index in [1.54, 1.807) is 25.5 Å². The van der Waals surface area contributed by atoms with Crippen molar-refractivity contribution >= 4 is 27.5 Å². The standard InChI is InChI=1S/C17H17N3O4S/c1-3-12(14(18)21)20-16(22)13-11(8-25-15(13)19-17(20)23)9-5-4-6-10(7-9)24-2/h4-8,12H,3H2,1-2H3,(H2,18,21)(H,19,23). The quantitative estimate of drug-likeness (QED) is 0.725. The molecule has 1 atom stereocenters. The van der Waals surface area contributed by atoms with Crippen molar-refractivity contribution in [2.45, 2.75) is 19.4 Å². The van der Waals surface area contributed by atoms with Gasteiger partial charge in [-0.05, 0) is 24.1 Å². The summed E-state index contributed by atoms with van der Waals surface area (Å²) in [7, 11) is 1.56. The van der Waals surface area contributed by atoms with E-state index >= 15 is 0 Å². The minimum absolute atomic E-state index is 0.252. The Kier molecular flexibility index (Phi) is 4.45. The summed E-state index contributed by atoms with van der Waals surface area (Å²) in [5.41, 5.74) is 5.66. The topological polar surface area (TPSA) is 107 Å². The van der Waals surface area contributed by atoms with E-state index in [9.17, 15) is 14.4 Å². The molecule has 0 aliphatic heterocycles. The largest absolute Gasteiger partial charge is 0.497 e. The Morgan fingerprint density at radius 3 is 2.80 bits per heavy atom. The maximum atomic E-state index is 13.0. The van der Waals surface area contributed by atoms with E-state index in [0.29, 0.717) is 21.5 Å². The van der Waals surface area contributed by atoms with Crippen molar-refractivity contribution in [3.63, 3.8) is 0 Å². The summed E-state index contributed by atoms with van der Waals surface area (Å²) >= 11 is 1.26. The molecule has 0 aliphatic rings. The zero-order chi connectivity index (χ0) is 18.1. The number of nitrogens with two attached hydrogens (primary N) is 1. The van der Waals surface area contributed by atoms with Gasteiger partial charge < -0.3 is 10.5 Å². The molecule has 7 nitrogen and oxygen atoms in total. The first-order chi connectivity index (χ1) is 12.0. The third kappa shape index (κ3) is 2.85. The van der Waals surface area contributed by atoms with E-state index in [0.717, 1.165) is 10.1 Å². The lowest BCUT2D eigenvalue weighted by molar-refractivity contribution is -0.121. The molecule has 0 saturated carbocycles. The van der Waals surface area contributed by atoms with Crippen LogP contribution in [-0.2, 0) is 4.79 Å². The van der Waals surface area contributed by atoms with Crippen LogP contribution in [0.4, 0.5) is 0 Å². The summed E-state index contributed by atoms with van der Waals surface area (Å²) in [4.78, 5) is 40.0. The highest BCUT2D eigenvalue weighted by molar-refractivity contribution is 7.17. The number of carbonyl (C=O) groups is 1. The fourth-order valence-electron chi connectivity index (χ4n) is 2.83. The number of methoxy groups -OCH3 is 1. The number of nitrogens with one attached hydrogen (secondary N) is 1. The number of aromatic nitrogens is 2. The average molecular weight is 359 g/mol. The van der Waals surface area contributed by atoms with Crippen LogP contribution in [0.15, 0.2) is 39.2 Å². The van der Waals surface area contributed by atoms with Gasteiger partial charge in [0, 0.05) is 10.9 Å². The second-order valence-electron chi connectivity index (χ2n) is 5.52. The Balaban J connectivity index is 2.32. The van der Waals surface area contributed by atoms with Gasteiger partial charge in [0.1, 0.15) is 16.6 Å². The van der Waals surface area contributed by atoms with Gasteiger partial charge in [-0.25, -0.2) is 9.36 Å². The van der Waals surface area contributed by atoms with Gasteiger partial charge in [-0.1, -0.05) is 19.1 Å². The Hall–Kier alpha value is -2.87. The zero-order valence-electron chi connectivity index (χ0n) is 13.7. The van der Waals surface area contributed by atoms with Crippen LogP contribution >= 0.6 is 11.3 Å². The molecule has 0 spiro atoms. The number of nitrogens with zero attached hydrogens (tertiary/aromatic N) is 1. The highest BCUT2D eigenvalue weighted by Crippen LogP contribution is 2.32. The van der Waals surface area contributed by atoms with Gasteiger partial charge in [0.05, 0.1) is 12.5 Å². The Morgan fingerprint density at radius 1 is 1.40 bits per heavy atom. The number of rotatable bonds is 5. The number of hydrogen-bond donors (Lipinski definition) is 2. The first kappa shape index (κ1) is 17.0. The number of primary amides is 1. The summed E-state index contributed by atoms with van der Waals surface area (Å²) in [6, 6.07) is 6.30. The first-order valence-corrected chi connectivity index (χ1v) is 8.55. The van der Waals surface area contributed by atoms with Crippen molar-refractivity contribution in [1.82, 2.24) is 9.55 Å². The SMILES string of the molecule is CCC(C(N)=O)n1c(=O)[nH]c2scc(-c3cccc(OC)c3)c2c1=O. The van der Waals surface area contributed by atoms with E-state index in [-0.39, 0.29) is 6.42 Å². The van der Waals surface area contributed by atoms with Crippen molar-refractivity contribution in [3.05, 3.63) is 50.5 Å². The molecular formula is C17H17N3O4S. The second-order valence-corrected chi connectivity index (χ2v) is 6.40. The maximum Gasteiger partial charge on any atom is 0.330 e. The lowest BCUT2D eigenvalue weighted by Gasteiger charge is -2.13. The van der Waals surface area contributed by atoms with Crippen LogP contribution in [0.3, 0.4) is 0 Å². The summed E-state index contributed by atoms with van der Waals surface area (Å²) < 4.78 is 6.13. The molecule has 3 rings (SSSR count). The summed E-state index contributed by atoms with van der Waals surface area (Å²) in [6.45, 7) is 1.70. The van der Waals surface area contributed by atoms with E-state index < -0.39 is 23.2 Å². The molecular weight excluding hydrogens is 342 g/mol. The van der Waals surface area contributed by atoms with Crippen LogP contribution in [-0.4, -0.2) is 22.6 Å². The third-order valence-corrected chi connectivity index (χ3v) is 4.97. The van der Waals surface area contributed by atoms with Gasteiger partial charge in [0.2, 0.25) is 5.91 Å². The molecule has 2 heterocycles. The number of aromatic amines is 1. The van der Waals surface area contributed by atoms with Crippen LogP contribution in [0.25, 0.3) is 21.3 Å². The molecule has 3 aromatic rings. The summed E-state index contributed by atoms with van der Waals surface area (Å²) in [6.07, 6.45) is 0.252. The molecule has 1 aromatic carbocycles. The molecule has 0 radical (unpaired) electrons. The van der Waals surface area contributed by atoms with Crippen LogP contribution in [0, 0.1) is 0 Å². The van der Waals surface area contributed by atoms with Gasteiger partial charge >= 0.3 is 5.69 Å². The van der Waals surface area contributed by atoms with E-state index in [4.69, 9.17) is 10.5 Å². The molecule has 130 valence electrons. The predicted octanol–water partition coefficient (Wildman–Crippen LogP) is 1.86. The monoisotopic (exact) mass is 359 g/mol. The van der Waals surface area contributed by atoms with Crippen LogP contribution in [0.5, 0.6) is 5.75 Å². The number of ether oxygens (including phenoxy) is 1. The number of H-pyrrole nitrogens is 1. The molecule has 3 N–H and O–H groups in total. The number of thiophene rings is 1. The maximum absolute atomic E-state index is 13.0. The molecule has 1 amide bonds. The average Bonchev–Trinajstić information content (AvgIpc) is 3.02. The number of amides is 1. The fourth-order valence-corrected chi connectivity index (χ4v) is 3.78. The number of fused-ring (bicyclic) bond motifs is 1. The molecule has 8 heteroatoms. The summed E-state index contributed by atoms with van der Waals surface area (Å²) in [5, 5.41) is 2.16. The molecule has 1 unspecified atom stereocenters. The van der Waals surface area contributed by atoms with E-state index in [1.807, 2.05) is 18.2 Å². The minimum atomic E-state index is -0.987. The molecule has 25 heavy (non-hydrogen) atoms. The Labute approximate surface area is 146 Å². The molecule has 0 saturated heterocycles. The molecule has 0 bridgehead atoms. The van der Waals surface area contributed by atoms with Gasteiger partial charge in [0.25, 0.3) is 5.56 Å². The van der Waals surface area contributed by atoms with Gasteiger partial charge in [0.15, 0.2) is 0 Å². The lowest BCUT2D eigenvalue weighted by atomic mass is 10.1. The Morgan fingerprint density at radius 2 is 2.16 bits per heavy atom. The van der Waals surface area contributed by atoms with Gasteiger partial charge in [-0.15, -0.1) is 11.3 Å². The van der Waals surface area contributed by atoms with Crippen molar-refractivity contribution in [2.75, 3.05) is 7.11 Å². The van der Waals surface area contributed by atoms with Crippen molar-refractivity contribution in [3.8, 4) is 16.9 Å². The zero-order valence-corrected chi connectivity index (χ0v) is 14.6. The number of hydrogen-bond acceptors (Lipinski definition) is 5. The number of carbonyl (C=O) groups excluding carboxylic acids is 1. The normalized spacial score (nSPS) is 12.2. The lowest BCUT2D eigenvalue weighted by Crippen LogP contribution is -2.42. The first-order valence-electron chi connectivity index (χ1n) is 7.67. The van der Waals surface area contributed by atoms with Crippen LogP contribution in [0.2, 0.25) is 0 Å². The smallest absolute Gasteiger partial charge is 0.330 e. The van der Waals surface area contributed by atoms with Crippen molar-refractivity contribution in [1.29, 1.82) is 0 Å². The van der Waals surface area contributed by atoms with Crippen LogP contribution in [0.1, 0.15) is 19.4 Å². The minimum Gasteiger partial charge on any atom is -0.497 e. The highest BCUT2D eigenvalue weighted by Gasteiger charge is 2.23. The third-order valence-electron chi connectivity index (χ3n) is 4.07. The number of benzene rings is 1.